The molecule has 9 nitrogen and oxygen atoms in total. The highest BCUT2D eigenvalue weighted by Gasteiger charge is 2.34. The molecule has 1 N–H and O–H groups in total. The van der Waals surface area contributed by atoms with Crippen LogP contribution in [0.2, 0.25) is 0 Å². The average Bonchev–Trinajstić information content (AvgIpc) is 3.44. The Hall–Kier alpha value is -3.72. The number of hydrogen-bond acceptors (Lipinski definition) is 7. The molecule has 0 bridgehead atoms. The minimum absolute atomic E-state index is 0.0763. The summed E-state index contributed by atoms with van der Waals surface area (Å²) >= 11 is 0. The molecular formula is C29H35N7O2. The van der Waals surface area contributed by atoms with E-state index >= 15 is 0 Å². The van der Waals surface area contributed by atoms with E-state index in [9.17, 15) is 4.79 Å². The summed E-state index contributed by atoms with van der Waals surface area (Å²) in [6, 6.07) is 16.3. The number of pyridine rings is 1. The molecule has 2 aromatic heterocycles. The van der Waals surface area contributed by atoms with E-state index in [0.29, 0.717) is 5.56 Å². The Labute approximate surface area is 222 Å². The number of aromatic amines is 1. The number of H-pyrrole nitrogens is 1. The van der Waals surface area contributed by atoms with E-state index in [1.54, 1.807) is 7.11 Å². The van der Waals surface area contributed by atoms with Gasteiger partial charge in [0, 0.05) is 37.4 Å². The number of aromatic nitrogens is 5. The monoisotopic (exact) mass is 513 g/mol. The Morgan fingerprint density at radius 3 is 2.50 bits per heavy atom. The number of rotatable bonds is 6. The zero-order chi connectivity index (χ0) is 26.1. The Morgan fingerprint density at radius 2 is 1.76 bits per heavy atom. The Bertz CT molecular complexity index is 1450. The maximum absolute atomic E-state index is 13.6. The fourth-order valence-corrected chi connectivity index (χ4v) is 6.10. The van der Waals surface area contributed by atoms with Crippen molar-refractivity contribution in [1.82, 2.24) is 30.1 Å². The molecule has 1 atom stereocenters. The second-order valence-corrected chi connectivity index (χ2v) is 10.5. The van der Waals surface area contributed by atoms with Crippen molar-refractivity contribution in [2.75, 3.05) is 38.2 Å². The summed E-state index contributed by atoms with van der Waals surface area (Å²) in [7, 11) is 1.69. The van der Waals surface area contributed by atoms with Gasteiger partial charge in [-0.25, -0.2) is 4.68 Å². The Kier molecular flexibility index (Phi) is 6.84. The molecule has 9 heteroatoms. The summed E-state index contributed by atoms with van der Waals surface area (Å²) in [6.45, 7) is 5.30. The Balaban J connectivity index is 1.36. The van der Waals surface area contributed by atoms with Gasteiger partial charge >= 0.3 is 0 Å². The number of tetrazole rings is 1. The minimum atomic E-state index is -0.321. The van der Waals surface area contributed by atoms with Crippen LogP contribution in [0.4, 0.5) is 5.69 Å². The van der Waals surface area contributed by atoms with Crippen LogP contribution in [0, 0.1) is 6.92 Å². The van der Waals surface area contributed by atoms with E-state index in [-0.39, 0.29) is 17.6 Å². The summed E-state index contributed by atoms with van der Waals surface area (Å²) in [5, 5.41) is 14.2. The third-order valence-electron chi connectivity index (χ3n) is 8.21. The largest absolute Gasteiger partial charge is 0.497 e. The molecule has 1 aliphatic carbocycles. The van der Waals surface area contributed by atoms with Crippen LogP contribution in [0.1, 0.15) is 61.1 Å². The topological polar surface area (TPSA) is 92.2 Å². The SMILES string of the molecule is COc1ccc(N2CCN([C@@H](c3cc4cccc(C)c4[nH]c3=O)c3nnnn3C3CCCCC3)CC2)cc1. The van der Waals surface area contributed by atoms with Gasteiger partial charge in [-0.2, -0.15) is 0 Å². The first-order valence-corrected chi connectivity index (χ1v) is 13.7. The van der Waals surface area contributed by atoms with Crippen LogP contribution in [-0.2, 0) is 0 Å². The van der Waals surface area contributed by atoms with Crippen LogP contribution in [-0.4, -0.2) is 63.4 Å². The van der Waals surface area contributed by atoms with E-state index in [1.165, 1.54) is 24.9 Å². The third-order valence-corrected chi connectivity index (χ3v) is 8.21. The van der Waals surface area contributed by atoms with E-state index in [4.69, 9.17) is 4.74 Å². The number of nitrogens with one attached hydrogen (secondary N) is 1. The van der Waals surface area contributed by atoms with Crippen LogP contribution in [0.15, 0.2) is 53.3 Å². The van der Waals surface area contributed by atoms with Crippen LogP contribution >= 0.6 is 0 Å². The number of hydrogen-bond donors (Lipinski definition) is 1. The molecule has 2 aromatic carbocycles. The molecule has 6 rings (SSSR count). The number of methoxy groups -OCH3 is 1. The number of ether oxygens (including phenoxy) is 1. The smallest absolute Gasteiger partial charge is 0.253 e. The fraction of sp³-hybridized carbons (Fsp3) is 0.448. The standard InChI is InChI=1S/C29H35N7O2/c1-20-7-6-8-21-19-25(29(37)30-26(20)21)27(28-31-32-33-36(28)23-9-4-3-5-10-23)35-17-15-34(16-18-35)22-11-13-24(38-2)14-12-22/h6-8,11-14,19,23,27H,3-5,9-10,15-18H2,1-2H3,(H,30,37)/t27-/m0/s1. The lowest BCUT2D eigenvalue weighted by atomic mass is 9.95. The van der Waals surface area contributed by atoms with E-state index in [2.05, 4.69) is 48.5 Å². The van der Waals surface area contributed by atoms with Gasteiger partial charge in [0.2, 0.25) is 0 Å². The van der Waals surface area contributed by atoms with Crippen molar-refractivity contribution in [3.63, 3.8) is 0 Å². The van der Waals surface area contributed by atoms with Gasteiger partial charge in [0.25, 0.3) is 5.56 Å². The van der Waals surface area contributed by atoms with Gasteiger partial charge in [0.05, 0.1) is 18.7 Å². The molecular weight excluding hydrogens is 478 g/mol. The minimum Gasteiger partial charge on any atom is -0.497 e. The molecule has 2 aliphatic rings. The maximum Gasteiger partial charge on any atom is 0.253 e. The zero-order valence-electron chi connectivity index (χ0n) is 22.1. The number of benzene rings is 2. The maximum atomic E-state index is 13.6. The third kappa shape index (κ3) is 4.67. The molecule has 38 heavy (non-hydrogen) atoms. The summed E-state index contributed by atoms with van der Waals surface area (Å²) in [5.41, 5.74) is 3.74. The first-order chi connectivity index (χ1) is 18.6. The van der Waals surface area contributed by atoms with E-state index in [0.717, 1.165) is 67.1 Å². The second kappa shape index (κ2) is 10.6. The predicted octanol–water partition coefficient (Wildman–Crippen LogP) is 4.25. The summed E-state index contributed by atoms with van der Waals surface area (Å²) < 4.78 is 7.34. The summed E-state index contributed by atoms with van der Waals surface area (Å²) in [4.78, 5) is 21.5. The highest BCUT2D eigenvalue weighted by Crippen LogP contribution is 2.34. The van der Waals surface area contributed by atoms with Gasteiger partial charge in [-0.05, 0) is 71.5 Å². The average molecular weight is 514 g/mol. The molecule has 198 valence electrons. The van der Waals surface area contributed by atoms with Crippen molar-refractivity contribution in [3.8, 4) is 5.75 Å². The lowest BCUT2D eigenvalue weighted by Gasteiger charge is -2.40. The van der Waals surface area contributed by atoms with Gasteiger partial charge in [0.1, 0.15) is 11.8 Å². The van der Waals surface area contributed by atoms with Gasteiger partial charge in [-0.1, -0.05) is 37.5 Å². The predicted molar refractivity (Wildman–Crippen MR) is 148 cm³/mol. The van der Waals surface area contributed by atoms with Gasteiger partial charge in [-0.15, -0.1) is 5.10 Å². The van der Waals surface area contributed by atoms with E-state index in [1.807, 2.05) is 41.9 Å². The number of nitrogens with zero attached hydrogens (tertiary/aromatic N) is 6. The molecule has 1 saturated heterocycles. The summed E-state index contributed by atoms with van der Waals surface area (Å²) in [6.07, 6.45) is 5.77. The molecule has 0 spiro atoms. The van der Waals surface area contributed by atoms with Crippen molar-refractivity contribution in [1.29, 1.82) is 0 Å². The fourth-order valence-electron chi connectivity index (χ4n) is 6.10. The van der Waals surface area contributed by atoms with Crippen molar-refractivity contribution < 1.29 is 4.74 Å². The first-order valence-electron chi connectivity index (χ1n) is 13.7. The van der Waals surface area contributed by atoms with Gasteiger partial charge in [0.15, 0.2) is 5.82 Å². The molecule has 0 amide bonds. The van der Waals surface area contributed by atoms with Crippen LogP contribution < -0.4 is 15.2 Å². The number of aryl methyl sites for hydroxylation is 1. The summed E-state index contributed by atoms with van der Waals surface area (Å²) in [5.74, 6) is 1.63. The van der Waals surface area contributed by atoms with Gasteiger partial charge in [-0.3, -0.25) is 9.69 Å². The lowest BCUT2D eigenvalue weighted by Crippen LogP contribution is -2.49. The van der Waals surface area contributed by atoms with Crippen molar-refractivity contribution in [2.24, 2.45) is 0 Å². The van der Waals surface area contributed by atoms with Crippen LogP contribution in [0.3, 0.4) is 0 Å². The zero-order valence-corrected chi connectivity index (χ0v) is 22.1. The molecule has 0 unspecified atom stereocenters. The highest BCUT2D eigenvalue weighted by molar-refractivity contribution is 5.82. The second-order valence-electron chi connectivity index (χ2n) is 10.5. The molecule has 3 heterocycles. The quantitative estimate of drug-likeness (QED) is 0.412. The lowest BCUT2D eigenvalue weighted by molar-refractivity contribution is 0.192. The molecule has 0 radical (unpaired) electrons. The van der Waals surface area contributed by atoms with Gasteiger partial charge < -0.3 is 14.6 Å². The highest BCUT2D eigenvalue weighted by atomic mass is 16.5. The van der Waals surface area contributed by atoms with Crippen molar-refractivity contribution >= 4 is 16.6 Å². The van der Waals surface area contributed by atoms with E-state index < -0.39 is 0 Å². The Morgan fingerprint density at radius 1 is 1.00 bits per heavy atom. The number of para-hydroxylation sites is 1. The van der Waals surface area contributed by atoms with Crippen molar-refractivity contribution in [3.05, 3.63) is 75.8 Å². The number of fused-ring (bicyclic) bond motifs is 1. The number of piperazine rings is 1. The van der Waals surface area contributed by atoms with Crippen LogP contribution in [0.5, 0.6) is 5.75 Å². The normalized spacial score (nSPS) is 18.1. The molecule has 2 fully saturated rings. The molecule has 1 saturated carbocycles. The first kappa shape index (κ1) is 24.6. The van der Waals surface area contributed by atoms with Crippen molar-refractivity contribution in [2.45, 2.75) is 51.1 Å². The van der Waals surface area contributed by atoms with Crippen LogP contribution in [0.25, 0.3) is 10.9 Å². The molecule has 4 aromatic rings. The number of anilines is 1. The molecule has 1 aliphatic heterocycles.